The number of benzene rings is 3. The van der Waals surface area contributed by atoms with Gasteiger partial charge < -0.3 is 4.74 Å². The fraction of sp³-hybridized carbons (Fsp3) is 0.192. The second-order valence-electron chi connectivity index (χ2n) is 8.19. The molecule has 0 saturated carbocycles. The van der Waals surface area contributed by atoms with E-state index in [1.54, 1.807) is 24.3 Å². The van der Waals surface area contributed by atoms with Crippen LogP contribution >= 0.6 is 0 Å². The first-order valence-electron chi connectivity index (χ1n) is 10.3. The van der Waals surface area contributed by atoms with E-state index in [1.165, 1.54) is 0 Å². The fourth-order valence-corrected chi connectivity index (χ4v) is 4.67. The first-order valence-corrected chi connectivity index (χ1v) is 10.3. The van der Waals surface area contributed by atoms with Crippen LogP contribution in [0, 0.1) is 24.8 Å². The molecule has 32 heavy (non-hydrogen) atoms. The van der Waals surface area contributed by atoms with Gasteiger partial charge in [0.15, 0.2) is 5.69 Å². The molecule has 2 heterocycles. The summed E-state index contributed by atoms with van der Waals surface area (Å²) in [7, 11) is 0. The molecule has 6 heteroatoms. The van der Waals surface area contributed by atoms with Crippen LogP contribution in [0.2, 0.25) is 0 Å². The Morgan fingerprint density at radius 3 is 2.31 bits per heavy atom. The average molecular weight is 420 g/mol. The minimum absolute atomic E-state index is 0.153. The average Bonchev–Trinajstić information content (AvgIpc) is 3.08. The zero-order chi connectivity index (χ0) is 22.3. The van der Waals surface area contributed by atoms with Crippen molar-refractivity contribution in [1.29, 1.82) is 5.26 Å². The number of anilines is 2. The summed E-state index contributed by atoms with van der Waals surface area (Å²) in [5.41, 5.74) is 4.11. The zero-order valence-electron chi connectivity index (χ0n) is 17.5. The van der Waals surface area contributed by atoms with Crippen LogP contribution in [0.4, 0.5) is 21.9 Å². The Kier molecular flexibility index (Phi) is 4.66. The Bertz CT molecular complexity index is 1260. The molecule has 0 N–H and O–H groups in total. The van der Waals surface area contributed by atoms with Crippen molar-refractivity contribution in [2.45, 2.75) is 18.5 Å². The molecule has 0 bridgehead atoms. The molecule has 0 aliphatic carbocycles. The predicted molar refractivity (Wildman–Crippen MR) is 122 cm³/mol. The molecule has 2 saturated heterocycles. The Morgan fingerprint density at radius 1 is 1.06 bits per heavy atom. The number of carbonyl (C=O) groups is 1. The summed E-state index contributed by atoms with van der Waals surface area (Å²) >= 11 is 0. The molecular formula is C26H20N4O2. The number of rotatable bonds is 3. The first-order chi connectivity index (χ1) is 15.6. The number of nitrogens with zero attached hydrogens (tertiary/aromatic N) is 4. The molecule has 0 radical (unpaired) electrons. The molecule has 2 fully saturated rings. The standard InChI is InChI=1S/C26H20N4O2/c1-18-4-3-5-20(14-18)24-26(16-32-17-26)30(23-10-6-19(15-27)7-11-23)25(31)29(24)22-12-8-21(28-2)9-13-22/h3-14,24H,16-17H2,1H3/t24-/m0/s1. The van der Waals surface area contributed by atoms with Crippen LogP contribution in [0.15, 0.2) is 72.8 Å². The maximum Gasteiger partial charge on any atom is 0.330 e. The smallest absolute Gasteiger partial charge is 0.330 e. The number of carbonyl (C=O) groups excluding carboxylic acids is 1. The van der Waals surface area contributed by atoms with Crippen LogP contribution in [0.3, 0.4) is 0 Å². The monoisotopic (exact) mass is 420 g/mol. The van der Waals surface area contributed by atoms with E-state index in [1.807, 2.05) is 59.2 Å². The lowest BCUT2D eigenvalue weighted by Gasteiger charge is -2.47. The minimum Gasteiger partial charge on any atom is -0.376 e. The van der Waals surface area contributed by atoms with Gasteiger partial charge in [-0.3, -0.25) is 9.80 Å². The highest BCUT2D eigenvalue weighted by molar-refractivity contribution is 6.09. The summed E-state index contributed by atoms with van der Waals surface area (Å²) in [6.07, 6.45) is 0. The maximum absolute atomic E-state index is 14.0. The van der Waals surface area contributed by atoms with Gasteiger partial charge in [0.2, 0.25) is 0 Å². The van der Waals surface area contributed by atoms with Crippen molar-refractivity contribution < 1.29 is 9.53 Å². The molecular weight excluding hydrogens is 400 g/mol. The third kappa shape index (κ3) is 2.93. The van der Waals surface area contributed by atoms with Crippen LogP contribution in [0.5, 0.6) is 0 Å². The van der Waals surface area contributed by atoms with Crippen molar-refractivity contribution in [2.24, 2.45) is 0 Å². The number of aryl methyl sites for hydroxylation is 1. The molecule has 2 aliphatic rings. The second-order valence-corrected chi connectivity index (χ2v) is 8.19. The molecule has 0 aromatic heterocycles. The number of ether oxygens (including phenoxy) is 1. The molecule has 3 aromatic carbocycles. The van der Waals surface area contributed by atoms with Gasteiger partial charge >= 0.3 is 6.03 Å². The fourth-order valence-electron chi connectivity index (χ4n) is 4.67. The highest BCUT2D eigenvalue weighted by atomic mass is 16.5. The largest absolute Gasteiger partial charge is 0.376 e. The van der Waals surface area contributed by atoms with E-state index in [4.69, 9.17) is 11.3 Å². The second kappa shape index (κ2) is 7.53. The number of nitriles is 1. The molecule has 2 amide bonds. The summed E-state index contributed by atoms with van der Waals surface area (Å²) in [6.45, 7) is 10.1. The van der Waals surface area contributed by atoms with Crippen molar-refractivity contribution in [2.75, 3.05) is 23.0 Å². The summed E-state index contributed by atoms with van der Waals surface area (Å²) in [5.74, 6) is 0. The van der Waals surface area contributed by atoms with E-state index >= 15 is 0 Å². The summed E-state index contributed by atoms with van der Waals surface area (Å²) in [6, 6.07) is 24.1. The van der Waals surface area contributed by atoms with Gasteiger partial charge in [0.1, 0.15) is 5.54 Å². The van der Waals surface area contributed by atoms with Gasteiger partial charge in [0.25, 0.3) is 0 Å². The lowest BCUT2D eigenvalue weighted by molar-refractivity contribution is -0.0580. The van der Waals surface area contributed by atoms with E-state index in [0.29, 0.717) is 24.5 Å². The van der Waals surface area contributed by atoms with E-state index in [2.05, 4.69) is 17.0 Å². The third-order valence-electron chi connectivity index (χ3n) is 6.18. The van der Waals surface area contributed by atoms with Gasteiger partial charge in [-0.1, -0.05) is 42.0 Å². The number of hydrogen-bond acceptors (Lipinski definition) is 3. The summed E-state index contributed by atoms with van der Waals surface area (Å²) < 4.78 is 5.69. The topological polar surface area (TPSA) is 60.9 Å². The highest BCUT2D eigenvalue weighted by Crippen LogP contribution is 2.51. The van der Waals surface area contributed by atoms with E-state index in [0.717, 1.165) is 22.5 Å². The van der Waals surface area contributed by atoms with Crippen molar-refractivity contribution in [3.63, 3.8) is 0 Å². The van der Waals surface area contributed by atoms with Crippen molar-refractivity contribution in [1.82, 2.24) is 0 Å². The summed E-state index contributed by atoms with van der Waals surface area (Å²) in [5, 5.41) is 9.18. The van der Waals surface area contributed by atoms with Gasteiger partial charge in [0, 0.05) is 11.4 Å². The Morgan fingerprint density at radius 2 is 1.75 bits per heavy atom. The Hall–Kier alpha value is -4.13. The van der Waals surface area contributed by atoms with Crippen molar-refractivity contribution in [3.8, 4) is 6.07 Å². The summed E-state index contributed by atoms with van der Waals surface area (Å²) in [4.78, 5) is 21.1. The molecule has 3 aromatic rings. The third-order valence-corrected chi connectivity index (χ3v) is 6.18. The maximum atomic E-state index is 14.0. The quantitative estimate of drug-likeness (QED) is 0.535. The van der Waals surface area contributed by atoms with Gasteiger partial charge in [-0.2, -0.15) is 5.26 Å². The molecule has 1 spiro atoms. The lowest BCUT2D eigenvalue weighted by atomic mass is 9.82. The lowest BCUT2D eigenvalue weighted by Crippen LogP contribution is -2.62. The van der Waals surface area contributed by atoms with E-state index in [9.17, 15) is 10.1 Å². The molecule has 2 aliphatic heterocycles. The highest BCUT2D eigenvalue weighted by Gasteiger charge is 2.62. The van der Waals surface area contributed by atoms with Gasteiger partial charge in [-0.15, -0.1) is 0 Å². The van der Waals surface area contributed by atoms with Gasteiger partial charge in [0.05, 0.1) is 37.5 Å². The minimum atomic E-state index is -0.572. The van der Waals surface area contributed by atoms with Gasteiger partial charge in [-0.25, -0.2) is 9.64 Å². The Labute approximate surface area is 186 Å². The molecule has 6 nitrogen and oxygen atoms in total. The van der Waals surface area contributed by atoms with Gasteiger partial charge in [-0.05, 0) is 48.9 Å². The van der Waals surface area contributed by atoms with Crippen LogP contribution in [0.25, 0.3) is 4.85 Å². The van der Waals surface area contributed by atoms with Crippen molar-refractivity contribution in [3.05, 3.63) is 101 Å². The molecule has 1 atom stereocenters. The van der Waals surface area contributed by atoms with Crippen LogP contribution in [-0.2, 0) is 4.74 Å². The zero-order valence-corrected chi connectivity index (χ0v) is 17.5. The molecule has 156 valence electrons. The number of hydrogen-bond donors (Lipinski definition) is 0. The van der Waals surface area contributed by atoms with Crippen molar-refractivity contribution >= 4 is 23.1 Å². The predicted octanol–water partition coefficient (Wildman–Crippen LogP) is 5.37. The van der Waals surface area contributed by atoms with E-state index < -0.39 is 5.54 Å². The normalized spacial score (nSPS) is 18.8. The van der Waals surface area contributed by atoms with Crippen LogP contribution in [0.1, 0.15) is 22.7 Å². The first kappa shape index (κ1) is 19.8. The van der Waals surface area contributed by atoms with Crippen LogP contribution < -0.4 is 9.80 Å². The molecule has 0 unspecified atom stereocenters. The SMILES string of the molecule is [C-]#[N+]c1ccc(N2C(=O)N(c3ccc(C#N)cc3)C3(COC3)[C@@H]2c2cccc(C)c2)cc1. The van der Waals surface area contributed by atoms with E-state index in [-0.39, 0.29) is 12.1 Å². The molecule has 5 rings (SSSR count). The Balaban J connectivity index is 1.69. The van der Waals surface area contributed by atoms with Crippen LogP contribution in [-0.4, -0.2) is 24.8 Å². The number of amides is 2. The number of urea groups is 1.